The van der Waals surface area contributed by atoms with Crippen LogP contribution in [-0.4, -0.2) is 27.9 Å². The number of rotatable bonds is 6. The molecule has 3 aromatic carbocycles. The standard InChI is InChI=1S/C31H27FN2O4/c1-17-11-20(19-9-10-33-34-15-19)12-18(2)30(17)24-5-7-26(32)31-25(24)6-8-27(31)38-22-3-4-23-21(13-29(35)36)16-37-28(23)14-22/h3-5,7,9-12,14-15,21,27H,6,8,13,16H2,1-2H3,(H,35,36). The molecular formula is C31H27FN2O4. The van der Waals surface area contributed by atoms with Crippen molar-refractivity contribution in [3.05, 3.63) is 94.6 Å². The highest BCUT2D eigenvalue weighted by molar-refractivity contribution is 5.79. The van der Waals surface area contributed by atoms with Gasteiger partial charge in [0.05, 0.1) is 25.4 Å². The molecule has 4 aromatic rings. The first-order valence-corrected chi connectivity index (χ1v) is 12.7. The Labute approximate surface area is 220 Å². The molecule has 0 fully saturated rings. The minimum atomic E-state index is -0.852. The van der Waals surface area contributed by atoms with E-state index in [2.05, 4.69) is 36.2 Å². The zero-order chi connectivity index (χ0) is 26.4. The Balaban J connectivity index is 1.31. The number of benzene rings is 3. The maximum Gasteiger partial charge on any atom is 0.304 e. The lowest BCUT2D eigenvalue weighted by Gasteiger charge is -2.19. The van der Waals surface area contributed by atoms with Gasteiger partial charge in [-0.3, -0.25) is 4.79 Å². The first-order chi connectivity index (χ1) is 18.4. The van der Waals surface area contributed by atoms with Crippen LogP contribution in [0.5, 0.6) is 11.5 Å². The lowest BCUT2D eigenvalue weighted by molar-refractivity contribution is -0.137. The molecule has 1 aliphatic heterocycles. The number of carbonyl (C=O) groups is 1. The van der Waals surface area contributed by atoms with E-state index >= 15 is 4.39 Å². The largest absolute Gasteiger partial charge is 0.492 e. The summed E-state index contributed by atoms with van der Waals surface area (Å²) in [6, 6.07) is 15.1. The molecule has 2 unspecified atom stereocenters. The fourth-order valence-electron chi connectivity index (χ4n) is 5.92. The molecule has 0 amide bonds. The van der Waals surface area contributed by atoms with Gasteiger partial charge >= 0.3 is 5.97 Å². The van der Waals surface area contributed by atoms with Crippen molar-refractivity contribution in [2.75, 3.05) is 6.61 Å². The highest BCUT2D eigenvalue weighted by atomic mass is 19.1. The number of carboxylic acids is 1. The summed E-state index contributed by atoms with van der Waals surface area (Å²) in [5, 5.41) is 17.0. The topological polar surface area (TPSA) is 81.5 Å². The fraction of sp³-hybridized carbons (Fsp3) is 0.258. The Morgan fingerprint density at radius 3 is 2.63 bits per heavy atom. The molecule has 2 aliphatic rings. The van der Waals surface area contributed by atoms with E-state index in [0.29, 0.717) is 36.5 Å². The number of nitrogens with zero attached hydrogens (tertiary/aromatic N) is 2. The van der Waals surface area contributed by atoms with Crippen LogP contribution in [0.4, 0.5) is 4.39 Å². The highest BCUT2D eigenvalue weighted by Crippen LogP contribution is 2.45. The number of aryl methyl sites for hydroxylation is 2. The molecule has 0 saturated heterocycles. The zero-order valence-corrected chi connectivity index (χ0v) is 21.2. The number of hydrogen-bond acceptors (Lipinski definition) is 5. The average molecular weight is 511 g/mol. The summed E-state index contributed by atoms with van der Waals surface area (Å²) in [7, 11) is 0. The first kappa shape index (κ1) is 24.1. The van der Waals surface area contributed by atoms with Crippen LogP contribution in [0.1, 0.15) is 52.7 Å². The number of hydrogen-bond donors (Lipinski definition) is 1. The van der Waals surface area contributed by atoms with E-state index in [-0.39, 0.29) is 18.2 Å². The van der Waals surface area contributed by atoms with Crippen LogP contribution in [0, 0.1) is 19.7 Å². The maximum absolute atomic E-state index is 15.2. The SMILES string of the molecule is Cc1cc(-c2ccnnc2)cc(C)c1-c1ccc(F)c2c1CCC2Oc1ccc2c(c1)OCC2CC(=O)O. The van der Waals surface area contributed by atoms with Crippen molar-refractivity contribution in [1.29, 1.82) is 0 Å². The van der Waals surface area contributed by atoms with Gasteiger partial charge in [0.15, 0.2) is 0 Å². The molecule has 6 nitrogen and oxygen atoms in total. The van der Waals surface area contributed by atoms with Crippen LogP contribution in [0.3, 0.4) is 0 Å². The summed E-state index contributed by atoms with van der Waals surface area (Å²) in [4.78, 5) is 11.1. The van der Waals surface area contributed by atoms with Gasteiger partial charge in [-0.25, -0.2) is 4.39 Å². The van der Waals surface area contributed by atoms with Crippen LogP contribution >= 0.6 is 0 Å². The molecule has 192 valence electrons. The van der Waals surface area contributed by atoms with Crippen molar-refractivity contribution < 1.29 is 23.8 Å². The molecule has 0 bridgehead atoms. The normalized spacial score (nSPS) is 17.6. The van der Waals surface area contributed by atoms with Crippen molar-refractivity contribution in [2.45, 2.75) is 45.1 Å². The molecule has 1 aromatic heterocycles. The van der Waals surface area contributed by atoms with Crippen molar-refractivity contribution >= 4 is 5.97 Å². The minimum absolute atomic E-state index is 0.0243. The first-order valence-electron chi connectivity index (χ1n) is 12.7. The van der Waals surface area contributed by atoms with Gasteiger partial charge in [-0.1, -0.05) is 24.3 Å². The van der Waals surface area contributed by atoms with E-state index in [1.165, 1.54) is 6.07 Å². The van der Waals surface area contributed by atoms with E-state index in [1.54, 1.807) is 18.5 Å². The van der Waals surface area contributed by atoms with Crippen molar-refractivity contribution in [3.63, 3.8) is 0 Å². The second-order valence-electron chi connectivity index (χ2n) is 10.1. The summed E-state index contributed by atoms with van der Waals surface area (Å²) >= 11 is 0. The molecule has 2 atom stereocenters. The maximum atomic E-state index is 15.2. The number of aliphatic carboxylic acids is 1. The molecule has 0 spiro atoms. The van der Waals surface area contributed by atoms with Gasteiger partial charge in [0.25, 0.3) is 0 Å². The van der Waals surface area contributed by atoms with Gasteiger partial charge in [0, 0.05) is 28.7 Å². The molecule has 1 N–H and O–H groups in total. The Hall–Kier alpha value is -4.26. The monoisotopic (exact) mass is 510 g/mol. The van der Waals surface area contributed by atoms with Gasteiger partial charge in [-0.05, 0) is 78.3 Å². The third kappa shape index (κ3) is 4.28. The molecule has 0 saturated carbocycles. The molecular weight excluding hydrogens is 483 g/mol. The Morgan fingerprint density at radius 2 is 1.89 bits per heavy atom. The molecule has 2 heterocycles. The summed E-state index contributed by atoms with van der Waals surface area (Å²) < 4.78 is 27.3. The predicted octanol–water partition coefficient (Wildman–Crippen LogP) is 6.58. The third-order valence-electron chi connectivity index (χ3n) is 7.57. The number of aromatic nitrogens is 2. The van der Waals surface area contributed by atoms with E-state index in [1.807, 2.05) is 24.3 Å². The van der Waals surface area contributed by atoms with Gasteiger partial charge < -0.3 is 14.6 Å². The minimum Gasteiger partial charge on any atom is -0.492 e. The fourth-order valence-corrected chi connectivity index (χ4v) is 5.92. The second-order valence-corrected chi connectivity index (χ2v) is 10.1. The molecule has 1 aliphatic carbocycles. The quantitative estimate of drug-likeness (QED) is 0.315. The third-order valence-corrected chi connectivity index (χ3v) is 7.57. The lowest BCUT2D eigenvalue weighted by atomic mass is 9.88. The van der Waals surface area contributed by atoms with Gasteiger partial charge in [0.2, 0.25) is 0 Å². The van der Waals surface area contributed by atoms with Crippen LogP contribution in [0.15, 0.2) is 60.9 Å². The van der Waals surface area contributed by atoms with Gasteiger partial charge in [-0.2, -0.15) is 10.2 Å². The van der Waals surface area contributed by atoms with E-state index in [4.69, 9.17) is 14.6 Å². The number of carboxylic acid groups (broad SMARTS) is 1. The van der Waals surface area contributed by atoms with E-state index in [9.17, 15) is 4.79 Å². The molecule has 6 rings (SSSR count). The molecule has 7 heteroatoms. The van der Waals surface area contributed by atoms with E-state index < -0.39 is 12.1 Å². The zero-order valence-electron chi connectivity index (χ0n) is 21.2. The van der Waals surface area contributed by atoms with Gasteiger partial charge in [0.1, 0.15) is 23.4 Å². The van der Waals surface area contributed by atoms with Crippen LogP contribution in [0.25, 0.3) is 22.3 Å². The molecule has 0 radical (unpaired) electrons. The Bertz CT molecular complexity index is 1530. The molecule has 38 heavy (non-hydrogen) atoms. The average Bonchev–Trinajstić information content (AvgIpc) is 3.50. The Morgan fingerprint density at radius 1 is 1.08 bits per heavy atom. The Kier molecular flexibility index (Phi) is 6.06. The van der Waals surface area contributed by atoms with Crippen molar-refractivity contribution in [1.82, 2.24) is 10.2 Å². The summed E-state index contributed by atoms with van der Waals surface area (Å²) in [5.74, 6) is -0.0616. The van der Waals surface area contributed by atoms with Crippen LogP contribution < -0.4 is 9.47 Å². The summed E-state index contributed by atoms with van der Waals surface area (Å²) in [6.45, 7) is 4.51. The number of ether oxygens (including phenoxy) is 2. The van der Waals surface area contributed by atoms with Crippen LogP contribution in [0.2, 0.25) is 0 Å². The van der Waals surface area contributed by atoms with Gasteiger partial charge in [-0.15, -0.1) is 0 Å². The smallest absolute Gasteiger partial charge is 0.304 e. The summed E-state index contributed by atoms with van der Waals surface area (Å²) in [6.07, 6.45) is 4.42. The highest BCUT2D eigenvalue weighted by Gasteiger charge is 2.32. The van der Waals surface area contributed by atoms with Crippen molar-refractivity contribution in [3.8, 4) is 33.8 Å². The van der Waals surface area contributed by atoms with E-state index in [0.717, 1.165) is 44.5 Å². The lowest BCUT2D eigenvalue weighted by Crippen LogP contribution is -2.07. The second kappa shape index (κ2) is 9.56. The predicted molar refractivity (Wildman–Crippen MR) is 141 cm³/mol. The number of halogens is 1. The number of fused-ring (bicyclic) bond motifs is 2. The summed E-state index contributed by atoms with van der Waals surface area (Å²) in [5.41, 5.74) is 8.91. The van der Waals surface area contributed by atoms with Crippen molar-refractivity contribution in [2.24, 2.45) is 0 Å². The van der Waals surface area contributed by atoms with Crippen LogP contribution in [-0.2, 0) is 11.2 Å².